The van der Waals surface area contributed by atoms with Gasteiger partial charge in [-0.15, -0.1) is 0 Å². The van der Waals surface area contributed by atoms with Crippen molar-refractivity contribution in [1.29, 1.82) is 0 Å². The Labute approximate surface area is 141 Å². The molecule has 0 radical (unpaired) electrons. The molecule has 4 amide bonds. The number of imide groups is 1. The summed E-state index contributed by atoms with van der Waals surface area (Å²) in [6.45, 7) is 1.45. The highest BCUT2D eigenvalue weighted by Gasteiger charge is 2.47. The number of methoxy groups -OCH3 is 1. The van der Waals surface area contributed by atoms with Crippen molar-refractivity contribution < 1.29 is 19.1 Å². The highest BCUT2D eigenvalue weighted by atomic mass is 16.5. The van der Waals surface area contributed by atoms with Crippen LogP contribution in [0.5, 0.6) is 5.75 Å². The summed E-state index contributed by atoms with van der Waals surface area (Å²) < 4.78 is 5.11. The first-order valence-corrected chi connectivity index (χ1v) is 7.74. The summed E-state index contributed by atoms with van der Waals surface area (Å²) in [5.74, 6) is 0.109. The number of urea groups is 1. The van der Waals surface area contributed by atoms with Crippen molar-refractivity contribution in [2.75, 3.05) is 27.7 Å². The van der Waals surface area contributed by atoms with Crippen molar-refractivity contribution in [3.8, 4) is 5.75 Å². The molecule has 1 aliphatic rings. The largest absolute Gasteiger partial charge is 0.497 e. The Morgan fingerprint density at radius 3 is 2.42 bits per heavy atom. The molecule has 1 atom stereocenters. The Morgan fingerprint density at radius 1 is 1.25 bits per heavy atom. The van der Waals surface area contributed by atoms with E-state index < -0.39 is 11.6 Å². The number of nitrogens with one attached hydrogen (secondary N) is 1. The van der Waals surface area contributed by atoms with Gasteiger partial charge in [0.05, 0.1) is 7.11 Å². The minimum absolute atomic E-state index is 0.240. The number of hydrogen-bond acceptors (Lipinski definition) is 4. The summed E-state index contributed by atoms with van der Waals surface area (Å²) in [5.41, 5.74) is 0.0470. The van der Waals surface area contributed by atoms with Gasteiger partial charge in [0.25, 0.3) is 5.91 Å². The van der Waals surface area contributed by atoms with Crippen LogP contribution in [0, 0.1) is 0 Å². The molecular formula is C17H23N3O4. The number of likely N-dealkylation sites (N-methyl/N-ethyl adjacent to an activating group) is 1. The lowest BCUT2D eigenvalue weighted by Gasteiger charge is -2.22. The van der Waals surface area contributed by atoms with Gasteiger partial charge < -0.3 is 15.0 Å². The molecule has 1 N–H and O–H groups in total. The molecule has 1 heterocycles. The minimum Gasteiger partial charge on any atom is -0.497 e. The van der Waals surface area contributed by atoms with Gasteiger partial charge in [-0.3, -0.25) is 14.5 Å². The van der Waals surface area contributed by atoms with E-state index >= 15 is 0 Å². The van der Waals surface area contributed by atoms with Crippen LogP contribution in [0.4, 0.5) is 4.79 Å². The molecule has 1 fully saturated rings. The van der Waals surface area contributed by atoms with Gasteiger partial charge in [-0.1, -0.05) is 12.1 Å². The van der Waals surface area contributed by atoms with Crippen molar-refractivity contribution in [1.82, 2.24) is 15.1 Å². The van der Waals surface area contributed by atoms with Gasteiger partial charge in [-0.25, -0.2) is 4.79 Å². The number of carbonyl (C=O) groups is 3. The van der Waals surface area contributed by atoms with Crippen LogP contribution in [0.3, 0.4) is 0 Å². The topological polar surface area (TPSA) is 79.0 Å². The summed E-state index contributed by atoms with van der Waals surface area (Å²) in [6.07, 6.45) is 1.08. The predicted octanol–water partition coefficient (Wildman–Crippen LogP) is 1.03. The van der Waals surface area contributed by atoms with E-state index in [2.05, 4.69) is 5.32 Å². The van der Waals surface area contributed by atoms with Crippen molar-refractivity contribution in [3.63, 3.8) is 0 Å². The molecular weight excluding hydrogens is 310 g/mol. The summed E-state index contributed by atoms with van der Waals surface area (Å²) in [4.78, 5) is 38.7. The fraction of sp³-hybridized carbons (Fsp3) is 0.471. The Balaban J connectivity index is 2.02. The molecule has 2 rings (SSSR count). The van der Waals surface area contributed by atoms with Crippen LogP contribution in [0.2, 0.25) is 0 Å². The fourth-order valence-corrected chi connectivity index (χ4v) is 2.52. The summed E-state index contributed by atoms with van der Waals surface area (Å²) >= 11 is 0. The van der Waals surface area contributed by atoms with Crippen molar-refractivity contribution in [2.24, 2.45) is 0 Å². The zero-order valence-electron chi connectivity index (χ0n) is 14.5. The van der Waals surface area contributed by atoms with E-state index in [0.29, 0.717) is 12.8 Å². The van der Waals surface area contributed by atoms with E-state index in [-0.39, 0.29) is 18.4 Å². The summed E-state index contributed by atoms with van der Waals surface area (Å²) in [5, 5.41) is 2.71. The zero-order valence-corrected chi connectivity index (χ0v) is 14.5. The average molecular weight is 333 g/mol. The van der Waals surface area contributed by atoms with Gasteiger partial charge in [0.15, 0.2) is 0 Å². The molecule has 1 aromatic rings. The molecule has 0 bridgehead atoms. The van der Waals surface area contributed by atoms with Gasteiger partial charge in [0.1, 0.15) is 17.8 Å². The first-order chi connectivity index (χ1) is 11.3. The first kappa shape index (κ1) is 17.8. The first-order valence-electron chi connectivity index (χ1n) is 7.74. The van der Waals surface area contributed by atoms with Gasteiger partial charge in [0.2, 0.25) is 5.91 Å². The highest BCUT2D eigenvalue weighted by molar-refractivity contribution is 6.08. The van der Waals surface area contributed by atoms with Crippen LogP contribution >= 0.6 is 0 Å². The second kappa shape index (κ2) is 6.90. The number of hydrogen-bond donors (Lipinski definition) is 1. The lowest BCUT2D eigenvalue weighted by atomic mass is 9.93. The summed E-state index contributed by atoms with van der Waals surface area (Å²) in [6, 6.07) is 7.05. The van der Waals surface area contributed by atoms with Gasteiger partial charge in [0, 0.05) is 14.1 Å². The number of aryl methyl sites for hydroxylation is 1. The van der Waals surface area contributed by atoms with Crippen LogP contribution in [0.25, 0.3) is 0 Å². The van der Waals surface area contributed by atoms with E-state index in [1.807, 2.05) is 24.3 Å². The average Bonchev–Trinajstić information content (AvgIpc) is 2.77. The Kier molecular flexibility index (Phi) is 5.11. The third-order valence-corrected chi connectivity index (χ3v) is 4.21. The quantitative estimate of drug-likeness (QED) is 0.789. The third kappa shape index (κ3) is 3.67. The molecule has 7 heteroatoms. The van der Waals surface area contributed by atoms with Crippen molar-refractivity contribution in [3.05, 3.63) is 29.8 Å². The zero-order chi connectivity index (χ0) is 17.9. The number of benzene rings is 1. The number of ether oxygens (including phenoxy) is 1. The van der Waals surface area contributed by atoms with Crippen LogP contribution in [0.1, 0.15) is 18.9 Å². The molecule has 1 saturated heterocycles. The monoisotopic (exact) mass is 333 g/mol. The number of rotatable bonds is 6. The Hall–Kier alpha value is -2.57. The molecule has 0 saturated carbocycles. The van der Waals surface area contributed by atoms with E-state index in [9.17, 15) is 14.4 Å². The predicted molar refractivity (Wildman–Crippen MR) is 88.7 cm³/mol. The van der Waals surface area contributed by atoms with Crippen LogP contribution < -0.4 is 10.1 Å². The lowest BCUT2D eigenvalue weighted by Crippen LogP contribution is -2.45. The molecule has 7 nitrogen and oxygen atoms in total. The lowest BCUT2D eigenvalue weighted by molar-refractivity contribution is -0.137. The molecule has 130 valence electrons. The van der Waals surface area contributed by atoms with E-state index in [1.165, 1.54) is 4.90 Å². The number of amides is 4. The molecule has 24 heavy (non-hydrogen) atoms. The maximum absolute atomic E-state index is 12.6. The molecule has 1 unspecified atom stereocenters. The normalized spacial score (nSPS) is 20.1. The second-order valence-corrected chi connectivity index (χ2v) is 6.29. The van der Waals surface area contributed by atoms with Crippen LogP contribution in [-0.4, -0.2) is 60.9 Å². The van der Waals surface area contributed by atoms with Crippen LogP contribution in [0.15, 0.2) is 24.3 Å². The van der Waals surface area contributed by atoms with Crippen LogP contribution in [-0.2, 0) is 16.0 Å². The molecule has 0 spiro atoms. The van der Waals surface area contributed by atoms with E-state index in [4.69, 9.17) is 4.74 Å². The maximum Gasteiger partial charge on any atom is 0.325 e. The van der Waals surface area contributed by atoms with Crippen molar-refractivity contribution >= 4 is 17.8 Å². The Bertz CT molecular complexity index is 642. The molecule has 0 aromatic heterocycles. The van der Waals surface area contributed by atoms with Gasteiger partial charge in [-0.2, -0.15) is 0 Å². The second-order valence-electron chi connectivity index (χ2n) is 6.29. The molecule has 0 aliphatic carbocycles. The molecule has 1 aliphatic heterocycles. The van der Waals surface area contributed by atoms with Crippen molar-refractivity contribution in [2.45, 2.75) is 25.3 Å². The molecule has 1 aromatic carbocycles. The van der Waals surface area contributed by atoms with Gasteiger partial charge >= 0.3 is 6.03 Å². The van der Waals surface area contributed by atoms with E-state index in [1.54, 1.807) is 28.1 Å². The minimum atomic E-state index is -0.996. The standard InChI is InChI=1S/C17H23N3O4/c1-17(10-9-12-5-7-13(24-4)8-6-12)15(22)20(16(23)18-17)11-14(21)19(2)3/h5-8H,9-11H2,1-4H3,(H,18,23). The number of carbonyl (C=O) groups excluding carboxylic acids is 3. The summed E-state index contributed by atoms with van der Waals surface area (Å²) in [7, 11) is 4.78. The maximum atomic E-state index is 12.6. The fourth-order valence-electron chi connectivity index (χ4n) is 2.52. The highest BCUT2D eigenvalue weighted by Crippen LogP contribution is 2.24. The van der Waals surface area contributed by atoms with Gasteiger partial charge in [-0.05, 0) is 37.5 Å². The number of nitrogens with zero attached hydrogens (tertiary/aromatic N) is 2. The Morgan fingerprint density at radius 2 is 1.88 bits per heavy atom. The SMILES string of the molecule is COc1ccc(CCC2(C)NC(=O)N(CC(=O)N(C)C)C2=O)cc1. The third-order valence-electron chi connectivity index (χ3n) is 4.21. The smallest absolute Gasteiger partial charge is 0.325 e. The van der Waals surface area contributed by atoms with E-state index in [0.717, 1.165) is 16.2 Å².